The van der Waals surface area contributed by atoms with Crippen molar-refractivity contribution in [2.75, 3.05) is 20.8 Å². The van der Waals surface area contributed by atoms with Gasteiger partial charge in [0.25, 0.3) is 0 Å². The van der Waals surface area contributed by atoms with E-state index in [0.717, 1.165) is 19.0 Å². The van der Waals surface area contributed by atoms with E-state index in [1.54, 1.807) is 7.11 Å². The molecule has 0 aromatic heterocycles. The monoisotopic (exact) mass is 451 g/mol. The normalized spacial score (nSPS) is 39.6. The largest absolute Gasteiger partial charge is 0.381 e. The number of fused-ring (bicyclic) bond motifs is 1. The quantitative estimate of drug-likeness (QED) is 0.394. The van der Waals surface area contributed by atoms with Crippen molar-refractivity contribution in [3.63, 3.8) is 0 Å². The Kier molecular flexibility index (Phi) is 6.13. The molecule has 3 fully saturated rings. The highest BCUT2D eigenvalue weighted by Gasteiger charge is 2.58. The highest BCUT2D eigenvalue weighted by atomic mass is 127. The SMILES string of the molecule is CN=C(NC1CC(OC)C1(C)C)NC1C2CCCOC2C1(C)C.I. The van der Waals surface area contributed by atoms with Crippen LogP contribution in [0.25, 0.3) is 0 Å². The number of halogens is 1. The van der Waals surface area contributed by atoms with E-state index in [4.69, 9.17) is 9.47 Å². The number of methoxy groups -OCH3 is 1. The first-order valence-corrected chi connectivity index (χ1v) is 8.96. The molecule has 1 heterocycles. The molecule has 5 atom stereocenters. The molecule has 24 heavy (non-hydrogen) atoms. The Bertz CT molecular complexity index is 481. The van der Waals surface area contributed by atoms with E-state index in [1.807, 2.05) is 7.05 Å². The van der Waals surface area contributed by atoms with Crippen LogP contribution in [-0.4, -0.2) is 51.0 Å². The first kappa shape index (κ1) is 20.2. The molecule has 140 valence electrons. The maximum absolute atomic E-state index is 6.00. The van der Waals surface area contributed by atoms with Crippen molar-refractivity contribution in [2.24, 2.45) is 21.7 Å². The summed E-state index contributed by atoms with van der Waals surface area (Å²) < 4.78 is 11.5. The summed E-state index contributed by atoms with van der Waals surface area (Å²) in [6, 6.07) is 0.834. The Labute approximate surface area is 163 Å². The second-order valence-electron chi connectivity index (χ2n) is 8.59. The lowest BCUT2D eigenvalue weighted by molar-refractivity contribution is -0.188. The lowest BCUT2D eigenvalue weighted by Gasteiger charge is -2.60. The molecule has 6 heteroatoms. The van der Waals surface area contributed by atoms with Crippen molar-refractivity contribution in [2.45, 2.75) is 71.2 Å². The zero-order valence-corrected chi connectivity index (χ0v) is 18.2. The van der Waals surface area contributed by atoms with Gasteiger partial charge in [0.15, 0.2) is 5.96 Å². The summed E-state index contributed by atoms with van der Waals surface area (Å²) in [7, 11) is 3.66. The standard InChI is InChI=1S/C18H33N3O2.HI/c1-17(2)12(10-13(17)22-6)20-16(19-5)21-14-11-8-7-9-23-15(11)18(14,3)4;/h11-15H,7-10H2,1-6H3,(H2,19,20,21);1H. The number of nitrogens with zero attached hydrogens (tertiary/aromatic N) is 1. The minimum absolute atomic E-state index is 0. The topological polar surface area (TPSA) is 54.9 Å². The Morgan fingerprint density at radius 2 is 1.88 bits per heavy atom. The number of hydrogen-bond acceptors (Lipinski definition) is 3. The van der Waals surface area contributed by atoms with E-state index in [1.165, 1.54) is 12.8 Å². The molecule has 2 aliphatic carbocycles. The van der Waals surface area contributed by atoms with E-state index >= 15 is 0 Å². The number of guanidine groups is 1. The van der Waals surface area contributed by atoms with Gasteiger partial charge < -0.3 is 20.1 Å². The molecule has 0 aromatic carbocycles. The average Bonchev–Trinajstić information content (AvgIpc) is 2.53. The van der Waals surface area contributed by atoms with Gasteiger partial charge in [-0.2, -0.15) is 0 Å². The molecule has 0 amide bonds. The van der Waals surface area contributed by atoms with Crippen LogP contribution < -0.4 is 10.6 Å². The first-order valence-electron chi connectivity index (χ1n) is 8.96. The molecule has 5 nitrogen and oxygen atoms in total. The molecule has 3 rings (SSSR count). The van der Waals surface area contributed by atoms with Gasteiger partial charge in [-0.15, -0.1) is 24.0 Å². The summed E-state index contributed by atoms with van der Waals surface area (Å²) in [4.78, 5) is 4.46. The lowest BCUT2D eigenvalue weighted by Crippen LogP contribution is -2.72. The third-order valence-corrected chi connectivity index (χ3v) is 6.62. The van der Waals surface area contributed by atoms with Gasteiger partial charge in [0.05, 0.1) is 12.2 Å². The molecule has 0 spiro atoms. The Morgan fingerprint density at radius 1 is 1.17 bits per heavy atom. The Hall–Kier alpha value is -0.0800. The molecular weight excluding hydrogens is 417 g/mol. The lowest BCUT2D eigenvalue weighted by atomic mass is 9.55. The Morgan fingerprint density at radius 3 is 2.46 bits per heavy atom. The zero-order valence-electron chi connectivity index (χ0n) is 15.9. The number of hydrogen-bond donors (Lipinski definition) is 2. The summed E-state index contributed by atoms with van der Waals surface area (Å²) >= 11 is 0. The van der Waals surface area contributed by atoms with Crippen LogP contribution in [0.4, 0.5) is 0 Å². The molecular formula is C18H34IN3O2. The van der Waals surface area contributed by atoms with Crippen molar-refractivity contribution in [1.29, 1.82) is 0 Å². The third-order valence-electron chi connectivity index (χ3n) is 6.62. The van der Waals surface area contributed by atoms with Crippen LogP contribution in [0, 0.1) is 16.7 Å². The van der Waals surface area contributed by atoms with E-state index in [9.17, 15) is 0 Å². The zero-order chi connectivity index (χ0) is 16.8. The predicted molar refractivity (Wildman–Crippen MR) is 108 cm³/mol. The molecule has 2 N–H and O–H groups in total. The first-order chi connectivity index (χ1) is 10.8. The van der Waals surface area contributed by atoms with Gasteiger partial charge >= 0.3 is 0 Å². The summed E-state index contributed by atoms with van der Waals surface area (Å²) in [6.07, 6.45) is 4.18. The van der Waals surface area contributed by atoms with Crippen molar-refractivity contribution >= 4 is 29.9 Å². The third kappa shape index (κ3) is 3.18. The van der Waals surface area contributed by atoms with E-state index in [-0.39, 0.29) is 34.8 Å². The van der Waals surface area contributed by atoms with Crippen LogP contribution in [0.15, 0.2) is 4.99 Å². The van der Waals surface area contributed by atoms with E-state index in [0.29, 0.717) is 30.2 Å². The van der Waals surface area contributed by atoms with Gasteiger partial charge in [0.2, 0.25) is 0 Å². The molecule has 1 saturated heterocycles. The van der Waals surface area contributed by atoms with Crippen molar-refractivity contribution in [1.82, 2.24) is 10.6 Å². The molecule has 5 unspecified atom stereocenters. The number of ether oxygens (including phenoxy) is 2. The van der Waals surface area contributed by atoms with Crippen molar-refractivity contribution < 1.29 is 9.47 Å². The van der Waals surface area contributed by atoms with Gasteiger partial charge in [-0.3, -0.25) is 4.99 Å². The van der Waals surface area contributed by atoms with Crippen molar-refractivity contribution in [3.05, 3.63) is 0 Å². The number of nitrogens with one attached hydrogen (secondary N) is 2. The Balaban J connectivity index is 0.00000208. The number of rotatable bonds is 3. The van der Waals surface area contributed by atoms with Crippen LogP contribution >= 0.6 is 24.0 Å². The molecule has 3 aliphatic rings. The number of aliphatic imine (C=N–C) groups is 1. The van der Waals surface area contributed by atoms with Gasteiger partial charge in [-0.05, 0) is 19.3 Å². The van der Waals surface area contributed by atoms with Gasteiger partial charge in [-0.25, -0.2) is 0 Å². The highest BCUT2D eigenvalue weighted by Crippen LogP contribution is 2.51. The molecule has 0 radical (unpaired) electrons. The predicted octanol–water partition coefficient (Wildman–Crippen LogP) is 2.79. The van der Waals surface area contributed by atoms with Gasteiger partial charge in [-0.1, -0.05) is 27.7 Å². The molecule has 1 aliphatic heterocycles. The highest BCUT2D eigenvalue weighted by molar-refractivity contribution is 14.0. The van der Waals surface area contributed by atoms with E-state index < -0.39 is 0 Å². The fraction of sp³-hybridized carbons (Fsp3) is 0.944. The maximum atomic E-state index is 6.00. The summed E-state index contributed by atoms with van der Waals surface area (Å²) in [5.74, 6) is 1.53. The van der Waals surface area contributed by atoms with Crippen LogP contribution in [0.2, 0.25) is 0 Å². The summed E-state index contributed by atoms with van der Waals surface area (Å²) in [6.45, 7) is 10.0. The van der Waals surface area contributed by atoms with E-state index in [2.05, 4.69) is 43.3 Å². The van der Waals surface area contributed by atoms with Crippen LogP contribution in [0.3, 0.4) is 0 Å². The summed E-state index contributed by atoms with van der Waals surface area (Å²) in [5.41, 5.74) is 0.297. The average molecular weight is 451 g/mol. The minimum Gasteiger partial charge on any atom is -0.381 e. The maximum Gasteiger partial charge on any atom is 0.191 e. The van der Waals surface area contributed by atoms with Gasteiger partial charge in [0.1, 0.15) is 0 Å². The molecule has 0 aromatic rings. The second-order valence-corrected chi connectivity index (χ2v) is 8.59. The van der Waals surface area contributed by atoms with Crippen LogP contribution in [0.1, 0.15) is 47.0 Å². The fourth-order valence-corrected chi connectivity index (χ4v) is 4.83. The molecule has 0 bridgehead atoms. The van der Waals surface area contributed by atoms with Gasteiger partial charge in [0, 0.05) is 49.6 Å². The second kappa shape index (κ2) is 7.27. The molecule has 2 saturated carbocycles. The minimum atomic E-state index is 0. The van der Waals surface area contributed by atoms with Crippen LogP contribution in [-0.2, 0) is 9.47 Å². The summed E-state index contributed by atoms with van der Waals surface area (Å²) in [5, 5.41) is 7.29. The fourth-order valence-electron chi connectivity index (χ4n) is 4.83. The smallest absolute Gasteiger partial charge is 0.191 e. The van der Waals surface area contributed by atoms with Crippen LogP contribution in [0.5, 0.6) is 0 Å². The van der Waals surface area contributed by atoms with Crippen molar-refractivity contribution in [3.8, 4) is 0 Å².